The zero-order chi connectivity index (χ0) is 22.0. The predicted octanol–water partition coefficient (Wildman–Crippen LogP) is 4.89. The minimum Gasteiger partial charge on any atom is -0.401 e. The van der Waals surface area contributed by atoms with Crippen LogP contribution in [0.3, 0.4) is 0 Å². The van der Waals surface area contributed by atoms with Gasteiger partial charge < -0.3 is 23.3 Å². The average molecular weight is 402 g/mol. The molecule has 2 aliphatic heterocycles. The molecule has 0 radical (unpaired) electrons. The molecule has 2 saturated heterocycles. The molecule has 1 unspecified atom stereocenters. The number of rotatable bonds is 4. The first-order chi connectivity index (χ1) is 13.1. The first kappa shape index (κ1) is 22.8. The van der Waals surface area contributed by atoms with Crippen molar-refractivity contribution in [3.63, 3.8) is 0 Å². The van der Waals surface area contributed by atoms with Gasteiger partial charge in [0.25, 0.3) is 0 Å². The molecule has 0 aromatic heterocycles. The van der Waals surface area contributed by atoms with Crippen molar-refractivity contribution in [2.24, 2.45) is 0 Å². The summed E-state index contributed by atoms with van der Waals surface area (Å²) in [4.78, 5) is 0. The lowest BCUT2D eigenvalue weighted by Crippen LogP contribution is -2.41. The Morgan fingerprint density at radius 1 is 0.690 bits per heavy atom. The Bertz CT molecular complexity index is 732. The minimum atomic E-state index is -0.802. The van der Waals surface area contributed by atoms with Crippen molar-refractivity contribution in [2.75, 3.05) is 0 Å². The molecule has 29 heavy (non-hydrogen) atoms. The van der Waals surface area contributed by atoms with E-state index in [9.17, 15) is 0 Å². The fraction of sp³-hybridized carbons (Fsp3) is 0.727. The monoisotopic (exact) mass is 402 g/mol. The molecule has 1 aromatic carbocycles. The molecule has 0 amide bonds. The second-order valence-electron chi connectivity index (χ2n) is 10.5. The third-order valence-electron chi connectivity index (χ3n) is 7.03. The normalized spacial score (nSPS) is 25.5. The molecular weight excluding hydrogens is 366 g/mol. The summed E-state index contributed by atoms with van der Waals surface area (Å²) in [6.45, 7) is 22.6. The molecule has 7 heteroatoms. The third-order valence-corrected chi connectivity index (χ3v) is 7.03. The van der Waals surface area contributed by atoms with Crippen LogP contribution in [0.5, 0.6) is 0 Å². The van der Waals surface area contributed by atoms with Crippen molar-refractivity contribution >= 4 is 14.4 Å². The summed E-state index contributed by atoms with van der Waals surface area (Å²) in [6.07, 6.45) is 0. The lowest BCUT2D eigenvalue weighted by molar-refractivity contribution is 0.00578. The lowest BCUT2D eigenvalue weighted by Gasteiger charge is -2.32. The minimum absolute atomic E-state index is 0.457. The molecule has 2 aliphatic rings. The van der Waals surface area contributed by atoms with E-state index in [2.05, 4.69) is 32.9 Å². The molecule has 3 rings (SSSR count). The van der Waals surface area contributed by atoms with Gasteiger partial charge in [0.1, 0.15) is 6.00 Å². The van der Waals surface area contributed by atoms with Gasteiger partial charge in [-0.05, 0) is 92.9 Å². The summed E-state index contributed by atoms with van der Waals surface area (Å²) in [6, 6.07) is 3.84. The van der Waals surface area contributed by atoms with Gasteiger partial charge in [-0.1, -0.05) is 17.7 Å². The van der Waals surface area contributed by atoms with Gasteiger partial charge in [0.15, 0.2) is 0 Å². The maximum atomic E-state index is 6.45. The Kier molecular flexibility index (Phi) is 5.59. The highest BCUT2D eigenvalue weighted by Crippen LogP contribution is 2.44. The molecule has 0 N–H and O–H groups in total. The SMILES string of the molecule is Cc1cc(C)c(C(OB2OC(C)(C)C(C)(C)O2)B2OC(C)(C)C(C)(C)O2)c(C)c1. The molecule has 160 valence electrons. The topological polar surface area (TPSA) is 46.2 Å². The van der Waals surface area contributed by atoms with Crippen LogP contribution in [0, 0.1) is 20.8 Å². The van der Waals surface area contributed by atoms with E-state index in [1.165, 1.54) is 5.56 Å². The van der Waals surface area contributed by atoms with Crippen LogP contribution in [-0.2, 0) is 23.3 Å². The second-order valence-corrected chi connectivity index (χ2v) is 10.5. The molecule has 1 aromatic rings. The van der Waals surface area contributed by atoms with Gasteiger partial charge in [0.05, 0.1) is 22.4 Å². The maximum Gasteiger partial charge on any atom is 0.640 e. The molecule has 0 aliphatic carbocycles. The van der Waals surface area contributed by atoms with Crippen LogP contribution >= 0.6 is 0 Å². The van der Waals surface area contributed by atoms with Gasteiger partial charge in [-0.25, -0.2) is 0 Å². The van der Waals surface area contributed by atoms with Crippen molar-refractivity contribution in [3.8, 4) is 0 Å². The first-order valence-electron chi connectivity index (χ1n) is 10.5. The Morgan fingerprint density at radius 3 is 1.48 bits per heavy atom. The molecular formula is C22H36B2O5. The van der Waals surface area contributed by atoms with Crippen molar-refractivity contribution in [2.45, 2.75) is 105 Å². The van der Waals surface area contributed by atoms with E-state index in [-0.39, 0.29) is 0 Å². The van der Waals surface area contributed by atoms with E-state index in [1.807, 2.05) is 55.4 Å². The summed E-state index contributed by atoms with van der Waals surface area (Å²) in [5.41, 5.74) is 2.68. The van der Waals surface area contributed by atoms with Crippen molar-refractivity contribution < 1.29 is 23.3 Å². The van der Waals surface area contributed by atoms with E-state index in [4.69, 9.17) is 23.3 Å². The number of hydrogen-bond donors (Lipinski definition) is 0. The van der Waals surface area contributed by atoms with Gasteiger partial charge >= 0.3 is 14.4 Å². The van der Waals surface area contributed by atoms with Crippen molar-refractivity contribution in [1.29, 1.82) is 0 Å². The Labute approximate surface area is 177 Å². The molecule has 0 spiro atoms. The highest BCUT2D eigenvalue weighted by atomic mass is 16.8. The van der Waals surface area contributed by atoms with Crippen LogP contribution in [0.4, 0.5) is 0 Å². The van der Waals surface area contributed by atoms with Gasteiger partial charge in [-0.2, -0.15) is 0 Å². The lowest BCUT2D eigenvalue weighted by atomic mass is 9.73. The molecule has 1 atom stereocenters. The summed E-state index contributed by atoms with van der Waals surface area (Å²) < 4.78 is 31.5. The molecule has 2 fully saturated rings. The maximum absolute atomic E-state index is 6.45. The largest absolute Gasteiger partial charge is 0.640 e. The smallest absolute Gasteiger partial charge is 0.401 e. The Balaban J connectivity index is 1.98. The fourth-order valence-corrected chi connectivity index (χ4v) is 3.88. The number of aryl methyl sites for hydroxylation is 3. The highest BCUT2D eigenvalue weighted by Gasteiger charge is 2.59. The van der Waals surface area contributed by atoms with Gasteiger partial charge in [0.2, 0.25) is 0 Å². The second kappa shape index (κ2) is 7.10. The van der Waals surface area contributed by atoms with Crippen LogP contribution < -0.4 is 0 Å². The standard InChI is InChI=1S/C22H36B2O5/c1-14-12-15(2)17(16(3)13-14)18(23-26-19(4,5)20(6,7)27-23)25-24-28-21(8,9)22(10,11)29-24/h12-13,18H,1-11H3. The fourth-order valence-electron chi connectivity index (χ4n) is 3.88. The first-order valence-corrected chi connectivity index (χ1v) is 10.5. The summed E-state index contributed by atoms with van der Waals surface area (Å²) >= 11 is 0. The predicted molar refractivity (Wildman–Crippen MR) is 117 cm³/mol. The highest BCUT2D eigenvalue weighted by molar-refractivity contribution is 6.49. The number of benzene rings is 1. The van der Waals surface area contributed by atoms with E-state index < -0.39 is 42.8 Å². The summed E-state index contributed by atoms with van der Waals surface area (Å²) in [5, 5.41) is 0. The van der Waals surface area contributed by atoms with Crippen LogP contribution in [-0.4, -0.2) is 36.8 Å². The quantitative estimate of drug-likeness (QED) is 0.672. The summed E-state index contributed by atoms with van der Waals surface area (Å²) in [5.74, 6) is 0. The van der Waals surface area contributed by atoms with E-state index in [0.29, 0.717) is 0 Å². The third kappa shape index (κ3) is 4.05. The molecule has 5 nitrogen and oxygen atoms in total. The Hall–Kier alpha value is -0.850. The van der Waals surface area contributed by atoms with E-state index >= 15 is 0 Å². The molecule has 2 heterocycles. The van der Waals surface area contributed by atoms with Gasteiger partial charge in [-0.15, -0.1) is 0 Å². The van der Waals surface area contributed by atoms with Gasteiger partial charge in [-0.3, -0.25) is 0 Å². The van der Waals surface area contributed by atoms with Crippen molar-refractivity contribution in [1.82, 2.24) is 0 Å². The zero-order valence-electron chi connectivity index (χ0n) is 19.9. The molecule has 0 saturated carbocycles. The van der Waals surface area contributed by atoms with Crippen LogP contribution in [0.1, 0.15) is 83.6 Å². The van der Waals surface area contributed by atoms with E-state index in [1.54, 1.807) is 0 Å². The van der Waals surface area contributed by atoms with Crippen LogP contribution in [0.25, 0.3) is 0 Å². The van der Waals surface area contributed by atoms with E-state index in [0.717, 1.165) is 16.7 Å². The van der Waals surface area contributed by atoms with Crippen molar-refractivity contribution in [3.05, 3.63) is 34.4 Å². The Morgan fingerprint density at radius 2 is 1.07 bits per heavy atom. The van der Waals surface area contributed by atoms with Crippen LogP contribution in [0.15, 0.2) is 12.1 Å². The number of hydrogen-bond acceptors (Lipinski definition) is 5. The molecule has 0 bridgehead atoms. The summed E-state index contributed by atoms with van der Waals surface area (Å²) in [7, 11) is -1.37. The van der Waals surface area contributed by atoms with Gasteiger partial charge in [0, 0.05) is 0 Å². The zero-order valence-corrected chi connectivity index (χ0v) is 19.9. The van der Waals surface area contributed by atoms with Crippen LogP contribution in [0.2, 0.25) is 0 Å². The average Bonchev–Trinajstić information content (AvgIpc) is 2.84.